The Morgan fingerprint density at radius 3 is 2.30 bits per heavy atom. The molecule has 1 aliphatic rings. The largest absolute Gasteiger partial charge is 0.493 e. The molecule has 0 atom stereocenters. The van der Waals surface area contributed by atoms with Gasteiger partial charge in [-0.2, -0.15) is 0 Å². The number of carboxylic acids is 1. The Bertz CT molecular complexity index is 783. The normalized spacial score (nSPS) is 19.9. The Morgan fingerprint density at radius 1 is 1.11 bits per heavy atom. The van der Waals surface area contributed by atoms with Crippen molar-refractivity contribution in [3.63, 3.8) is 0 Å². The van der Waals surface area contributed by atoms with Crippen molar-refractivity contribution in [3.8, 4) is 11.5 Å². The van der Waals surface area contributed by atoms with E-state index in [1.807, 2.05) is 0 Å². The van der Waals surface area contributed by atoms with Crippen molar-refractivity contribution < 1.29 is 32.6 Å². The molecule has 1 saturated carbocycles. The van der Waals surface area contributed by atoms with Crippen LogP contribution >= 0.6 is 0 Å². The number of carbonyl (C=O) groups excluding carboxylic acids is 1. The third-order valence-corrected chi connectivity index (χ3v) is 6.47. The predicted molar refractivity (Wildman–Crippen MR) is 97.7 cm³/mol. The molecule has 27 heavy (non-hydrogen) atoms. The standard InChI is InChI=1S/C18H25NO7S/c1-25-15-8-7-14(11-16(15)26-2)27(23,24)10-9-17(20)19-13-5-3-12(4-6-13)18(21)22/h7-8,11-13H,3-6,9-10H2,1-2H3,(H,19,20)(H,21,22). The lowest BCUT2D eigenvalue weighted by Gasteiger charge is -2.26. The van der Waals surface area contributed by atoms with Crippen LogP contribution in [0.15, 0.2) is 23.1 Å². The van der Waals surface area contributed by atoms with Crippen LogP contribution in [0.2, 0.25) is 0 Å². The lowest BCUT2D eigenvalue weighted by Crippen LogP contribution is -2.39. The molecule has 1 fully saturated rings. The maximum atomic E-state index is 12.5. The van der Waals surface area contributed by atoms with Crippen LogP contribution < -0.4 is 14.8 Å². The number of rotatable bonds is 8. The fraction of sp³-hybridized carbons (Fsp3) is 0.556. The SMILES string of the molecule is COc1ccc(S(=O)(=O)CCC(=O)NC2CCC(C(=O)O)CC2)cc1OC. The number of amides is 1. The van der Waals surface area contributed by atoms with Gasteiger partial charge in [-0.25, -0.2) is 8.42 Å². The minimum atomic E-state index is -3.65. The summed E-state index contributed by atoms with van der Waals surface area (Å²) in [5, 5.41) is 11.8. The molecule has 0 saturated heterocycles. The van der Waals surface area contributed by atoms with Gasteiger partial charge >= 0.3 is 5.97 Å². The maximum Gasteiger partial charge on any atom is 0.306 e. The second kappa shape index (κ2) is 9.07. The zero-order valence-corrected chi connectivity index (χ0v) is 16.3. The summed E-state index contributed by atoms with van der Waals surface area (Å²) < 4.78 is 35.1. The van der Waals surface area contributed by atoms with Crippen molar-refractivity contribution in [2.45, 2.75) is 43.0 Å². The van der Waals surface area contributed by atoms with Crippen LogP contribution in [0, 0.1) is 5.92 Å². The van der Waals surface area contributed by atoms with Crippen LogP contribution in [0.25, 0.3) is 0 Å². The van der Waals surface area contributed by atoms with E-state index in [-0.39, 0.29) is 34.9 Å². The van der Waals surface area contributed by atoms with Crippen molar-refractivity contribution in [2.75, 3.05) is 20.0 Å². The lowest BCUT2D eigenvalue weighted by atomic mass is 9.86. The molecule has 1 aliphatic carbocycles. The van der Waals surface area contributed by atoms with Gasteiger partial charge in [0, 0.05) is 18.5 Å². The number of aliphatic carboxylic acids is 1. The van der Waals surface area contributed by atoms with Gasteiger partial charge in [0.15, 0.2) is 21.3 Å². The Morgan fingerprint density at radius 2 is 1.74 bits per heavy atom. The average molecular weight is 399 g/mol. The number of methoxy groups -OCH3 is 2. The zero-order valence-electron chi connectivity index (χ0n) is 15.4. The molecule has 9 heteroatoms. The molecule has 1 amide bonds. The van der Waals surface area contributed by atoms with Crippen LogP contribution in [0.1, 0.15) is 32.1 Å². The number of hydrogen-bond acceptors (Lipinski definition) is 6. The van der Waals surface area contributed by atoms with E-state index in [1.165, 1.54) is 32.4 Å². The second-order valence-corrected chi connectivity index (χ2v) is 8.65. The second-order valence-electron chi connectivity index (χ2n) is 6.54. The molecule has 0 aromatic heterocycles. The Hall–Kier alpha value is -2.29. The van der Waals surface area contributed by atoms with Gasteiger partial charge in [0.1, 0.15) is 0 Å². The van der Waals surface area contributed by atoms with Gasteiger partial charge in [-0.15, -0.1) is 0 Å². The molecule has 0 bridgehead atoms. The van der Waals surface area contributed by atoms with E-state index in [1.54, 1.807) is 0 Å². The smallest absolute Gasteiger partial charge is 0.306 e. The van der Waals surface area contributed by atoms with Gasteiger partial charge < -0.3 is 19.9 Å². The van der Waals surface area contributed by atoms with Gasteiger partial charge in [-0.05, 0) is 37.8 Å². The van der Waals surface area contributed by atoms with E-state index in [4.69, 9.17) is 14.6 Å². The molecule has 0 spiro atoms. The number of hydrogen-bond donors (Lipinski definition) is 2. The molecular formula is C18H25NO7S. The van der Waals surface area contributed by atoms with Crippen molar-refractivity contribution in [2.24, 2.45) is 5.92 Å². The molecule has 2 N–H and O–H groups in total. The number of carbonyl (C=O) groups is 2. The highest BCUT2D eigenvalue weighted by Gasteiger charge is 2.27. The summed E-state index contributed by atoms with van der Waals surface area (Å²) in [6.45, 7) is 0. The maximum absolute atomic E-state index is 12.5. The average Bonchev–Trinajstić information content (AvgIpc) is 2.66. The minimum absolute atomic E-state index is 0.0647. The summed E-state index contributed by atoms with van der Waals surface area (Å²) in [5.74, 6) is -1.11. The summed E-state index contributed by atoms with van der Waals surface area (Å²) in [6, 6.07) is 4.20. The van der Waals surface area contributed by atoms with Crippen molar-refractivity contribution >= 4 is 21.7 Å². The molecule has 0 unspecified atom stereocenters. The van der Waals surface area contributed by atoms with Crippen LogP contribution in [0.5, 0.6) is 11.5 Å². The Labute approximate surface area is 158 Å². The van der Waals surface area contributed by atoms with Crippen LogP contribution in [0.3, 0.4) is 0 Å². The first-order chi connectivity index (χ1) is 12.8. The van der Waals surface area contributed by atoms with Crippen LogP contribution in [0.4, 0.5) is 0 Å². The highest BCUT2D eigenvalue weighted by atomic mass is 32.2. The lowest BCUT2D eigenvalue weighted by molar-refractivity contribution is -0.142. The topological polar surface area (TPSA) is 119 Å². The molecule has 0 radical (unpaired) electrons. The summed E-state index contributed by atoms with van der Waals surface area (Å²) in [5.41, 5.74) is 0. The van der Waals surface area contributed by atoms with Crippen molar-refractivity contribution in [1.82, 2.24) is 5.32 Å². The fourth-order valence-corrected chi connectivity index (χ4v) is 4.39. The third-order valence-electron chi connectivity index (χ3n) is 4.75. The summed E-state index contributed by atoms with van der Waals surface area (Å²) >= 11 is 0. The fourth-order valence-electron chi connectivity index (χ4n) is 3.14. The molecule has 1 aromatic carbocycles. The van der Waals surface area contributed by atoms with E-state index < -0.39 is 15.8 Å². The van der Waals surface area contributed by atoms with E-state index >= 15 is 0 Å². The highest BCUT2D eigenvalue weighted by molar-refractivity contribution is 7.91. The molecule has 2 rings (SSSR count). The van der Waals surface area contributed by atoms with E-state index in [9.17, 15) is 18.0 Å². The quantitative estimate of drug-likeness (QED) is 0.682. The molecule has 1 aromatic rings. The summed E-state index contributed by atoms with van der Waals surface area (Å²) in [4.78, 5) is 23.1. The molecule has 0 heterocycles. The first-order valence-electron chi connectivity index (χ1n) is 8.73. The summed E-state index contributed by atoms with van der Waals surface area (Å²) in [6.07, 6.45) is 2.06. The third kappa shape index (κ3) is 5.59. The van der Waals surface area contributed by atoms with E-state index in [0.717, 1.165) is 0 Å². The van der Waals surface area contributed by atoms with E-state index in [0.29, 0.717) is 37.2 Å². The van der Waals surface area contributed by atoms with Crippen molar-refractivity contribution in [1.29, 1.82) is 0 Å². The van der Waals surface area contributed by atoms with Crippen molar-refractivity contribution in [3.05, 3.63) is 18.2 Å². The van der Waals surface area contributed by atoms with E-state index in [2.05, 4.69) is 5.32 Å². The van der Waals surface area contributed by atoms with Crippen LogP contribution in [-0.2, 0) is 19.4 Å². The number of ether oxygens (including phenoxy) is 2. The molecule has 8 nitrogen and oxygen atoms in total. The Balaban J connectivity index is 1.89. The van der Waals surface area contributed by atoms with Crippen LogP contribution in [-0.4, -0.2) is 51.4 Å². The van der Waals surface area contributed by atoms with Gasteiger partial charge in [0.25, 0.3) is 0 Å². The number of carboxylic acid groups (broad SMARTS) is 1. The van der Waals surface area contributed by atoms with Gasteiger partial charge in [-0.1, -0.05) is 0 Å². The summed E-state index contributed by atoms with van der Waals surface area (Å²) in [7, 11) is -0.772. The highest BCUT2D eigenvalue weighted by Crippen LogP contribution is 2.30. The minimum Gasteiger partial charge on any atom is -0.493 e. The first-order valence-corrected chi connectivity index (χ1v) is 10.4. The molecule has 0 aliphatic heterocycles. The number of nitrogens with one attached hydrogen (secondary N) is 1. The number of benzene rings is 1. The molecular weight excluding hydrogens is 374 g/mol. The van der Waals surface area contributed by atoms with Gasteiger partial charge in [0.2, 0.25) is 5.91 Å². The zero-order chi connectivity index (χ0) is 20.0. The molecule has 150 valence electrons. The number of sulfone groups is 1. The Kier molecular flexibility index (Phi) is 7.06. The first kappa shape index (κ1) is 21.0. The monoisotopic (exact) mass is 399 g/mol. The van der Waals surface area contributed by atoms with Gasteiger partial charge in [0.05, 0.1) is 30.8 Å². The predicted octanol–water partition coefficient (Wildman–Crippen LogP) is 1.63. The van der Waals surface area contributed by atoms with Gasteiger partial charge in [-0.3, -0.25) is 9.59 Å².